The molecule has 2 fully saturated rings. The van der Waals surface area contributed by atoms with E-state index in [1.54, 1.807) is 0 Å². The predicted octanol–water partition coefficient (Wildman–Crippen LogP) is 0.438. The molecule has 2 aliphatic rings. The molecule has 0 spiro atoms. The van der Waals surface area contributed by atoms with E-state index in [1.165, 1.54) is 0 Å². The molecule has 0 aromatic heterocycles. The Morgan fingerprint density at radius 2 is 2.19 bits per heavy atom. The minimum absolute atomic E-state index is 0.0321. The third-order valence-corrected chi connectivity index (χ3v) is 5.46. The molecule has 7 heteroatoms. The van der Waals surface area contributed by atoms with Gasteiger partial charge in [-0.3, -0.25) is 4.79 Å². The zero-order valence-corrected chi connectivity index (χ0v) is 13.4. The molecule has 3 unspecified atom stereocenters. The van der Waals surface area contributed by atoms with E-state index in [4.69, 9.17) is 0 Å². The first kappa shape index (κ1) is 16.4. The van der Waals surface area contributed by atoms with Crippen molar-refractivity contribution in [1.82, 2.24) is 21.3 Å². The summed E-state index contributed by atoms with van der Waals surface area (Å²) in [5.74, 6) is 1.14. The van der Waals surface area contributed by atoms with Crippen molar-refractivity contribution >= 4 is 23.7 Å². The topological polar surface area (TPSA) is 82.3 Å². The van der Waals surface area contributed by atoms with Crippen molar-refractivity contribution in [3.8, 4) is 0 Å². The first-order valence-electron chi connectivity index (χ1n) is 7.86. The summed E-state index contributed by atoms with van der Waals surface area (Å²) in [4.78, 5) is 22.9. The van der Waals surface area contributed by atoms with Crippen LogP contribution in [-0.2, 0) is 4.79 Å². The lowest BCUT2D eigenvalue weighted by molar-refractivity contribution is -0.121. The Kier molecular flexibility index (Phi) is 6.63. The van der Waals surface area contributed by atoms with Crippen molar-refractivity contribution < 1.29 is 9.59 Å². The molecule has 2 saturated heterocycles. The summed E-state index contributed by atoms with van der Waals surface area (Å²) in [5.41, 5.74) is 0. The first-order chi connectivity index (χ1) is 10.2. The van der Waals surface area contributed by atoms with Gasteiger partial charge in [-0.05, 0) is 19.4 Å². The molecule has 0 aromatic carbocycles. The highest BCUT2D eigenvalue weighted by molar-refractivity contribution is 8.00. The van der Waals surface area contributed by atoms with E-state index in [1.807, 2.05) is 11.8 Å². The van der Waals surface area contributed by atoms with E-state index < -0.39 is 0 Å². The second-order valence-electron chi connectivity index (χ2n) is 5.57. The molecule has 0 bridgehead atoms. The summed E-state index contributed by atoms with van der Waals surface area (Å²) in [5, 5.41) is 12.5. The van der Waals surface area contributed by atoms with Crippen molar-refractivity contribution in [2.45, 2.75) is 49.9 Å². The van der Waals surface area contributed by atoms with Crippen molar-refractivity contribution in [1.29, 1.82) is 0 Å². The molecule has 3 atom stereocenters. The molecule has 120 valence electrons. The van der Waals surface area contributed by atoms with E-state index in [2.05, 4.69) is 28.2 Å². The van der Waals surface area contributed by atoms with E-state index in [0.717, 1.165) is 38.1 Å². The Balaban J connectivity index is 1.52. The average Bonchev–Trinajstić information content (AvgIpc) is 2.99. The van der Waals surface area contributed by atoms with Crippen LogP contribution in [0.1, 0.15) is 32.6 Å². The van der Waals surface area contributed by atoms with Gasteiger partial charge in [0.15, 0.2) is 0 Å². The maximum Gasteiger partial charge on any atom is 0.315 e. The van der Waals surface area contributed by atoms with Crippen LogP contribution in [-0.4, -0.2) is 54.7 Å². The standard InChI is InChI=1S/C14H26N4O2S/c1-2-15-7-8-16-12(19)6-4-3-5-11-13-10(9-21-11)17-14(20)18-13/h10-11,13,15H,2-9H2,1H3,(H,16,19)(H2,17,18,20). The van der Waals surface area contributed by atoms with Crippen LogP contribution in [0.4, 0.5) is 4.79 Å². The molecule has 0 aromatic rings. The smallest absolute Gasteiger partial charge is 0.315 e. The summed E-state index contributed by atoms with van der Waals surface area (Å²) in [6.07, 6.45) is 3.63. The van der Waals surface area contributed by atoms with Gasteiger partial charge in [-0.1, -0.05) is 13.3 Å². The SMILES string of the molecule is CCNCCNC(=O)CCCCC1SCC2NC(=O)NC21. The Morgan fingerprint density at radius 3 is 3.00 bits per heavy atom. The largest absolute Gasteiger partial charge is 0.355 e. The van der Waals surface area contributed by atoms with Gasteiger partial charge < -0.3 is 21.3 Å². The fourth-order valence-corrected chi connectivity index (χ4v) is 4.37. The summed E-state index contributed by atoms with van der Waals surface area (Å²) < 4.78 is 0. The van der Waals surface area contributed by atoms with Crippen molar-refractivity contribution in [3.05, 3.63) is 0 Å². The summed E-state index contributed by atoms with van der Waals surface area (Å²) >= 11 is 1.93. The van der Waals surface area contributed by atoms with Gasteiger partial charge in [-0.2, -0.15) is 11.8 Å². The van der Waals surface area contributed by atoms with Gasteiger partial charge in [0.05, 0.1) is 12.1 Å². The number of hydrogen-bond donors (Lipinski definition) is 4. The fraction of sp³-hybridized carbons (Fsp3) is 0.857. The van der Waals surface area contributed by atoms with Crippen molar-refractivity contribution in [3.63, 3.8) is 0 Å². The molecule has 0 aliphatic carbocycles. The van der Waals surface area contributed by atoms with Crippen LogP contribution in [0.3, 0.4) is 0 Å². The van der Waals surface area contributed by atoms with E-state index in [0.29, 0.717) is 24.3 Å². The van der Waals surface area contributed by atoms with Gasteiger partial charge in [0, 0.05) is 30.5 Å². The Bertz CT molecular complexity index is 367. The first-order valence-corrected chi connectivity index (χ1v) is 8.91. The molecular weight excluding hydrogens is 288 g/mol. The van der Waals surface area contributed by atoms with Crippen LogP contribution in [0.15, 0.2) is 0 Å². The van der Waals surface area contributed by atoms with Gasteiger partial charge in [-0.25, -0.2) is 4.79 Å². The molecule has 21 heavy (non-hydrogen) atoms. The van der Waals surface area contributed by atoms with Crippen LogP contribution >= 0.6 is 11.8 Å². The maximum absolute atomic E-state index is 11.6. The molecular formula is C14H26N4O2S. The molecule has 2 aliphatic heterocycles. The molecule has 0 saturated carbocycles. The zero-order chi connectivity index (χ0) is 15.1. The van der Waals surface area contributed by atoms with E-state index in [9.17, 15) is 9.59 Å². The predicted molar refractivity (Wildman–Crippen MR) is 85.5 cm³/mol. The Hall–Kier alpha value is -0.950. The number of rotatable bonds is 9. The number of urea groups is 1. The molecule has 0 radical (unpaired) electrons. The van der Waals surface area contributed by atoms with Crippen LogP contribution in [0.25, 0.3) is 0 Å². The number of nitrogens with one attached hydrogen (secondary N) is 4. The molecule has 4 N–H and O–H groups in total. The Labute approximate surface area is 130 Å². The number of carbonyl (C=O) groups is 2. The van der Waals surface area contributed by atoms with Gasteiger partial charge in [0.2, 0.25) is 5.91 Å². The third kappa shape index (κ3) is 5.07. The van der Waals surface area contributed by atoms with E-state index in [-0.39, 0.29) is 18.0 Å². The molecule has 2 heterocycles. The van der Waals surface area contributed by atoms with Crippen molar-refractivity contribution in [2.75, 3.05) is 25.4 Å². The van der Waals surface area contributed by atoms with Crippen LogP contribution in [0.5, 0.6) is 0 Å². The minimum Gasteiger partial charge on any atom is -0.355 e. The maximum atomic E-state index is 11.6. The number of thioether (sulfide) groups is 1. The zero-order valence-electron chi connectivity index (χ0n) is 12.6. The summed E-state index contributed by atoms with van der Waals surface area (Å²) in [6, 6.07) is 0.536. The Morgan fingerprint density at radius 1 is 1.33 bits per heavy atom. The molecule has 3 amide bonds. The van der Waals surface area contributed by atoms with Crippen molar-refractivity contribution in [2.24, 2.45) is 0 Å². The van der Waals surface area contributed by atoms with E-state index >= 15 is 0 Å². The van der Waals surface area contributed by atoms with Crippen LogP contribution < -0.4 is 21.3 Å². The van der Waals surface area contributed by atoms with Gasteiger partial charge >= 0.3 is 6.03 Å². The third-order valence-electron chi connectivity index (χ3n) is 3.95. The second kappa shape index (κ2) is 8.48. The highest BCUT2D eigenvalue weighted by atomic mass is 32.2. The monoisotopic (exact) mass is 314 g/mol. The lowest BCUT2D eigenvalue weighted by atomic mass is 10.0. The van der Waals surface area contributed by atoms with Gasteiger partial charge in [0.1, 0.15) is 0 Å². The number of unbranched alkanes of at least 4 members (excludes halogenated alkanes) is 1. The fourth-order valence-electron chi connectivity index (χ4n) is 2.83. The van der Waals surface area contributed by atoms with Crippen LogP contribution in [0, 0.1) is 0 Å². The lowest BCUT2D eigenvalue weighted by Gasteiger charge is -2.16. The summed E-state index contributed by atoms with van der Waals surface area (Å²) in [7, 11) is 0. The van der Waals surface area contributed by atoms with Gasteiger partial charge in [-0.15, -0.1) is 0 Å². The average molecular weight is 314 g/mol. The summed E-state index contributed by atoms with van der Waals surface area (Å²) in [6.45, 7) is 4.52. The number of hydrogen-bond acceptors (Lipinski definition) is 4. The number of likely N-dealkylation sites (N-methyl/N-ethyl adjacent to an activating group) is 1. The van der Waals surface area contributed by atoms with Crippen LogP contribution in [0.2, 0.25) is 0 Å². The normalized spacial score (nSPS) is 27.1. The number of fused-ring (bicyclic) bond motifs is 1. The lowest BCUT2D eigenvalue weighted by Crippen LogP contribution is -2.36. The minimum atomic E-state index is -0.0321. The highest BCUT2D eigenvalue weighted by Gasteiger charge is 2.42. The number of amides is 3. The molecule has 6 nitrogen and oxygen atoms in total. The molecule has 2 rings (SSSR count). The number of carbonyl (C=O) groups excluding carboxylic acids is 2. The van der Waals surface area contributed by atoms with Gasteiger partial charge in [0.25, 0.3) is 0 Å². The quantitative estimate of drug-likeness (QED) is 0.368. The highest BCUT2D eigenvalue weighted by Crippen LogP contribution is 2.33. The second-order valence-corrected chi connectivity index (χ2v) is 6.84.